The Hall–Kier alpha value is -1.91. The van der Waals surface area contributed by atoms with Crippen molar-refractivity contribution in [3.63, 3.8) is 0 Å². The van der Waals surface area contributed by atoms with Crippen molar-refractivity contribution in [3.05, 3.63) is 34.4 Å². The van der Waals surface area contributed by atoms with Gasteiger partial charge in [0.05, 0.1) is 5.56 Å². The molecule has 8 nitrogen and oxygen atoms in total. The summed E-state index contributed by atoms with van der Waals surface area (Å²) in [4.78, 5) is 11.8. The predicted molar refractivity (Wildman–Crippen MR) is 78.3 cm³/mol. The summed E-state index contributed by atoms with van der Waals surface area (Å²) in [6.07, 6.45) is 1.17. The molecule has 112 valence electrons. The van der Waals surface area contributed by atoms with Gasteiger partial charge in [0.1, 0.15) is 10.6 Å². The number of nitrogens with two attached hydrogens (primary N) is 1. The summed E-state index contributed by atoms with van der Waals surface area (Å²) in [5, 5.41) is 20.9. The lowest BCUT2D eigenvalue weighted by Gasteiger charge is -2.06. The number of phenolic OH excluding ortho intramolecular Hbond substituents is 1. The van der Waals surface area contributed by atoms with Gasteiger partial charge in [-0.15, -0.1) is 0 Å². The number of aryl methyl sites for hydroxylation is 1. The maximum absolute atomic E-state index is 12.1. The molecule has 2 rings (SSSR count). The van der Waals surface area contributed by atoms with Crippen LogP contribution in [0.4, 0.5) is 5.82 Å². The van der Waals surface area contributed by atoms with Gasteiger partial charge in [0.2, 0.25) is 10.0 Å². The molecule has 10 heteroatoms. The van der Waals surface area contributed by atoms with E-state index in [1.54, 1.807) is 6.07 Å². The van der Waals surface area contributed by atoms with E-state index in [0.717, 1.165) is 0 Å². The molecule has 0 radical (unpaired) electrons. The number of amides is 1. The number of primary sulfonamides is 1. The summed E-state index contributed by atoms with van der Waals surface area (Å²) in [6.45, 7) is 0. The number of benzene rings is 1. The molecule has 0 aliphatic rings. The van der Waals surface area contributed by atoms with E-state index in [-0.39, 0.29) is 22.0 Å². The molecule has 1 heterocycles. The second-order valence-electron chi connectivity index (χ2n) is 4.18. The number of hydrogen-bond donors (Lipinski definition) is 3. The van der Waals surface area contributed by atoms with Crippen LogP contribution in [0.1, 0.15) is 10.4 Å². The van der Waals surface area contributed by atoms with Crippen molar-refractivity contribution in [2.75, 3.05) is 5.32 Å². The van der Waals surface area contributed by atoms with Crippen molar-refractivity contribution < 1.29 is 18.3 Å². The Morgan fingerprint density at radius 3 is 2.71 bits per heavy atom. The van der Waals surface area contributed by atoms with Crippen molar-refractivity contribution in [2.24, 2.45) is 12.2 Å². The lowest BCUT2D eigenvalue weighted by molar-refractivity contribution is 0.102. The molecule has 2 aromatic rings. The largest absolute Gasteiger partial charge is 0.507 e. The molecular weight excluding hydrogens is 364 g/mol. The Morgan fingerprint density at radius 1 is 1.48 bits per heavy atom. The fourth-order valence-corrected chi connectivity index (χ4v) is 2.64. The zero-order chi connectivity index (χ0) is 15.8. The third-order valence-electron chi connectivity index (χ3n) is 2.54. The van der Waals surface area contributed by atoms with E-state index in [1.165, 1.54) is 30.1 Å². The first kappa shape index (κ1) is 15.5. The first-order valence-electron chi connectivity index (χ1n) is 5.55. The van der Waals surface area contributed by atoms with Crippen LogP contribution >= 0.6 is 15.9 Å². The predicted octanol–water partition coefficient (Wildman–Crippen LogP) is 0.788. The molecule has 0 fully saturated rings. The number of phenols is 1. The van der Waals surface area contributed by atoms with E-state index in [1.807, 2.05) is 0 Å². The molecule has 0 saturated heterocycles. The lowest BCUT2D eigenvalue weighted by atomic mass is 10.2. The molecule has 0 spiro atoms. The summed E-state index contributed by atoms with van der Waals surface area (Å²) < 4.78 is 24.6. The summed E-state index contributed by atoms with van der Waals surface area (Å²) in [5.74, 6) is -1.16. The van der Waals surface area contributed by atoms with E-state index in [0.29, 0.717) is 4.47 Å². The average Bonchev–Trinajstić information content (AvgIpc) is 2.69. The normalized spacial score (nSPS) is 11.4. The molecule has 1 aromatic carbocycles. The van der Waals surface area contributed by atoms with Crippen molar-refractivity contribution in [2.45, 2.75) is 4.90 Å². The molecule has 0 atom stereocenters. The van der Waals surface area contributed by atoms with Gasteiger partial charge < -0.3 is 10.4 Å². The van der Waals surface area contributed by atoms with E-state index in [9.17, 15) is 18.3 Å². The molecular formula is C11H11BrN4O4S. The minimum atomic E-state index is -4.03. The number of carbonyl (C=O) groups is 1. The third-order valence-corrected chi connectivity index (χ3v) is 3.94. The molecule has 1 amide bonds. The number of sulfonamides is 1. The molecule has 0 saturated carbocycles. The summed E-state index contributed by atoms with van der Waals surface area (Å²) in [7, 11) is -2.54. The molecule has 1 aromatic heterocycles. The number of nitrogens with one attached hydrogen (secondary N) is 1. The van der Waals surface area contributed by atoms with E-state index in [2.05, 4.69) is 26.3 Å². The number of halogens is 1. The summed E-state index contributed by atoms with van der Waals surface area (Å²) in [5.41, 5.74) is -0.0239. The van der Waals surface area contributed by atoms with E-state index in [4.69, 9.17) is 5.14 Å². The molecule has 4 N–H and O–H groups in total. The highest BCUT2D eigenvalue weighted by Gasteiger charge is 2.21. The van der Waals surface area contributed by atoms with Crippen LogP contribution < -0.4 is 10.5 Å². The van der Waals surface area contributed by atoms with Crippen LogP contribution in [0.15, 0.2) is 33.8 Å². The fraction of sp³-hybridized carbons (Fsp3) is 0.0909. The van der Waals surface area contributed by atoms with Crippen LogP contribution in [0.2, 0.25) is 0 Å². The maximum Gasteiger partial charge on any atom is 0.260 e. The van der Waals surface area contributed by atoms with Gasteiger partial charge in [0.25, 0.3) is 5.91 Å². The third kappa shape index (κ3) is 3.40. The Bertz CT molecular complexity index is 816. The Morgan fingerprint density at radius 2 is 2.14 bits per heavy atom. The number of aromatic hydroxyl groups is 1. The number of nitrogens with zero attached hydrogens (tertiary/aromatic N) is 2. The second kappa shape index (κ2) is 5.47. The van der Waals surface area contributed by atoms with Gasteiger partial charge in [-0.1, -0.05) is 15.9 Å². The van der Waals surface area contributed by atoms with Gasteiger partial charge in [0.15, 0.2) is 5.82 Å². The average molecular weight is 375 g/mol. The lowest BCUT2D eigenvalue weighted by Crippen LogP contribution is -2.17. The SMILES string of the molecule is Cn1cc(S(N)(=O)=O)c(NC(=O)c2ccc(Br)cc2O)n1. The number of rotatable bonds is 3. The number of aromatic nitrogens is 2. The van der Waals surface area contributed by atoms with Crippen molar-refractivity contribution in [1.29, 1.82) is 0 Å². The van der Waals surface area contributed by atoms with Crippen LogP contribution in [0, 0.1) is 0 Å². The highest BCUT2D eigenvalue weighted by Crippen LogP contribution is 2.24. The molecule has 0 aliphatic heterocycles. The zero-order valence-electron chi connectivity index (χ0n) is 10.7. The molecule has 21 heavy (non-hydrogen) atoms. The zero-order valence-corrected chi connectivity index (χ0v) is 13.1. The Labute approximate surface area is 128 Å². The first-order valence-corrected chi connectivity index (χ1v) is 7.88. The van der Waals surface area contributed by atoms with Crippen LogP contribution in [-0.2, 0) is 17.1 Å². The minimum absolute atomic E-state index is 0.0239. The van der Waals surface area contributed by atoms with Gasteiger partial charge in [-0.2, -0.15) is 5.10 Å². The highest BCUT2D eigenvalue weighted by molar-refractivity contribution is 9.10. The topological polar surface area (TPSA) is 127 Å². The van der Waals surface area contributed by atoms with Crippen molar-refractivity contribution in [3.8, 4) is 5.75 Å². The van der Waals surface area contributed by atoms with Crippen molar-refractivity contribution in [1.82, 2.24) is 9.78 Å². The van der Waals surface area contributed by atoms with Gasteiger partial charge in [0, 0.05) is 17.7 Å². The van der Waals surface area contributed by atoms with Gasteiger partial charge in [-0.25, -0.2) is 13.6 Å². The number of anilines is 1. The van der Waals surface area contributed by atoms with Crippen LogP contribution in [0.5, 0.6) is 5.75 Å². The monoisotopic (exact) mass is 374 g/mol. The molecule has 0 aliphatic carbocycles. The van der Waals surface area contributed by atoms with Gasteiger partial charge >= 0.3 is 0 Å². The molecule has 0 bridgehead atoms. The quantitative estimate of drug-likeness (QED) is 0.731. The van der Waals surface area contributed by atoms with E-state index >= 15 is 0 Å². The fourth-order valence-electron chi connectivity index (χ4n) is 1.63. The molecule has 0 unspecified atom stereocenters. The summed E-state index contributed by atoms with van der Waals surface area (Å²) >= 11 is 3.15. The second-order valence-corrected chi connectivity index (χ2v) is 6.62. The first-order chi connectivity index (χ1) is 9.68. The highest BCUT2D eigenvalue weighted by atomic mass is 79.9. The van der Waals surface area contributed by atoms with Crippen LogP contribution in [-0.4, -0.2) is 29.2 Å². The minimum Gasteiger partial charge on any atom is -0.507 e. The van der Waals surface area contributed by atoms with Gasteiger partial charge in [-0.05, 0) is 18.2 Å². The standard InChI is InChI=1S/C11H11BrN4O4S/c1-16-5-9(21(13,19)20)10(15-16)14-11(18)7-3-2-6(12)4-8(7)17/h2-5,17H,1H3,(H2,13,19,20)(H,14,15,18). The van der Waals surface area contributed by atoms with Crippen molar-refractivity contribution >= 4 is 37.7 Å². The van der Waals surface area contributed by atoms with Crippen LogP contribution in [0.3, 0.4) is 0 Å². The van der Waals surface area contributed by atoms with Gasteiger partial charge in [-0.3, -0.25) is 9.48 Å². The maximum atomic E-state index is 12.1. The Kier molecular flexibility index (Phi) is 4.03. The number of hydrogen-bond acceptors (Lipinski definition) is 5. The smallest absolute Gasteiger partial charge is 0.260 e. The summed E-state index contributed by atoms with van der Waals surface area (Å²) in [6, 6.07) is 4.29. The van der Waals surface area contributed by atoms with E-state index < -0.39 is 15.9 Å². The van der Waals surface area contributed by atoms with Crippen LogP contribution in [0.25, 0.3) is 0 Å². The number of carbonyl (C=O) groups excluding carboxylic acids is 1. The Balaban J connectivity index is 2.36.